The molecule has 0 aliphatic carbocycles. The molecule has 3 aromatic carbocycles. The summed E-state index contributed by atoms with van der Waals surface area (Å²) in [6.07, 6.45) is 1.28. The third-order valence-electron chi connectivity index (χ3n) is 5.32. The number of benzene rings is 3. The summed E-state index contributed by atoms with van der Waals surface area (Å²) in [5.41, 5.74) is 5.57. The van der Waals surface area contributed by atoms with Crippen molar-refractivity contribution in [3.05, 3.63) is 97.2 Å². The lowest BCUT2D eigenvalue weighted by atomic mass is 10.2. The zero-order valence-electron chi connectivity index (χ0n) is 18.8. The normalized spacial score (nSPS) is 11.4. The number of hydrogen-bond acceptors (Lipinski definition) is 8. The number of furan rings is 1. The number of fused-ring (bicyclic) bond motifs is 2. The molecular formula is C25H16BrN5O6. The van der Waals surface area contributed by atoms with E-state index < -0.39 is 28.7 Å². The monoisotopic (exact) mass is 561 g/mol. The predicted octanol–water partition coefficient (Wildman–Crippen LogP) is 4.23. The number of hydrogen-bond donors (Lipinski definition) is 1. The Hall–Kier alpha value is -4.84. The number of carbonyl (C=O) groups is 1. The van der Waals surface area contributed by atoms with Gasteiger partial charge in [0.2, 0.25) is 11.6 Å². The number of nitrogens with two attached hydrogens (primary N) is 1. The molecule has 0 unspecified atom stereocenters. The standard InChI is InChI=1S/C25H16BrN5O6/c26-17-9-14(10-19(31(34)35)23(17)36-13-22(27)32)12-28-30-24(21-11-15-5-1-4-8-20(15)37-21)29-18-7-3-2-6-16(18)25(30)33/h1-12H,13H2,(H2,27,32). The zero-order valence-corrected chi connectivity index (χ0v) is 20.4. The lowest BCUT2D eigenvalue weighted by Gasteiger charge is -2.09. The fourth-order valence-electron chi connectivity index (χ4n) is 3.70. The Morgan fingerprint density at radius 1 is 1.19 bits per heavy atom. The number of ether oxygens (including phenoxy) is 1. The highest BCUT2D eigenvalue weighted by Crippen LogP contribution is 2.36. The van der Waals surface area contributed by atoms with Crippen molar-refractivity contribution in [1.29, 1.82) is 0 Å². The Bertz CT molecular complexity index is 1760. The van der Waals surface area contributed by atoms with E-state index in [9.17, 15) is 19.7 Å². The molecule has 1 amide bonds. The van der Waals surface area contributed by atoms with Gasteiger partial charge in [-0.15, -0.1) is 0 Å². The van der Waals surface area contributed by atoms with E-state index >= 15 is 0 Å². The number of amides is 1. The van der Waals surface area contributed by atoms with E-state index in [1.165, 1.54) is 18.3 Å². The minimum absolute atomic E-state index is 0.158. The molecule has 37 heavy (non-hydrogen) atoms. The molecule has 5 rings (SSSR count). The molecule has 2 N–H and O–H groups in total. The van der Waals surface area contributed by atoms with Gasteiger partial charge in [0.25, 0.3) is 11.5 Å². The van der Waals surface area contributed by atoms with Crippen LogP contribution in [0, 0.1) is 10.1 Å². The van der Waals surface area contributed by atoms with Gasteiger partial charge in [-0.3, -0.25) is 19.7 Å². The average molecular weight is 562 g/mol. The van der Waals surface area contributed by atoms with E-state index in [2.05, 4.69) is 26.0 Å². The molecule has 12 heteroatoms. The fourth-order valence-corrected chi connectivity index (χ4v) is 4.28. The van der Waals surface area contributed by atoms with Crippen molar-refractivity contribution in [3.63, 3.8) is 0 Å². The lowest BCUT2D eigenvalue weighted by Crippen LogP contribution is -2.20. The summed E-state index contributed by atoms with van der Waals surface area (Å²) >= 11 is 3.22. The van der Waals surface area contributed by atoms with E-state index in [1.54, 1.807) is 36.4 Å². The van der Waals surface area contributed by atoms with E-state index in [0.717, 1.165) is 10.1 Å². The molecule has 0 saturated heterocycles. The van der Waals surface area contributed by atoms with Crippen LogP contribution in [-0.4, -0.2) is 33.3 Å². The predicted molar refractivity (Wildman–Crippen MR) is 140 cm³/mol. The van der Waals surface area contributed by atoms with E-state index in [4.69, 9.17) is 14.9 Å². The summed E-state index contributed by atoms with van der Waals surface area (Å²) in [4.78, 5) is 40.0. The van der Waals surface area contributed by atoms with E-state index in [1.807, 2.05) is 18.2 Å². The van der Waals surface area contributed by atoms with Gasteiger partial charge < -0.3 is 14.9 Å². The lowest BCUT2D eigenvalue weighted by molar-refractivity contribution is -0.385. The van der Waals surface area contributed by atoms with Crippen LogP contribution >= 0.6 is 15.9 Å². The number of rotatable bonds is 7. The van der Waals surface area contributed by atoms with Crippen LogP contribution in [0.25, 0.3) is 33.5 Å². The van der Waals surface area contributed by atoms with Gasteiger partial charge in [-0.05, 0) is 46.3 Å². The van der Waals surface area contributed by atoms with Crippen molar-refractivity contribution in [3.8, 4) is 17.3 Å². The van der Waals surface area contributed by atoms with Crippen molar-refractivity contribution >= 4 is 55.6 Å². The van der Waals surface area contributed by atoms with E-state index in [-0.39, 0.29) is 21.6 Å². The molecule has 0 atom stereocenters. The Morgan fingerprint density at radius 2 is 1.95 bits per heavy atom. The van der Waals surface area contributed by atoms with Gasteiger partial charge >= 0.3 is 5.69 Å². The molecule has 0 fully saturated rings. The van der Waals surface area contributed by atoms with Crippen molar-refractivity contribution < 1.29 is 18.9 Å². The van der Waals surface area contributed by atoms with Gasteiger partial charge in [0.05, 0.1) is 26.5 Å². The van der Waals surface area contributed by atoms with Crippen molar-refractivity contribution in [1.82, 2.24) is 9.66 Å². The first-order valence-corrected chi connectivity index (χ1v) is 11.6. The fraction of sp³-hybridized carbons (Fsp3) is 0.0400. The Kier molecular flexibility index (Phi) is 6.24. The summed E-state index contributed by atoms with van der Waals surface area (Å²) in [5.74, 6) is -0.462. The largest absolute Gasteiger partial charge is 0.476 e. The Labute approximate surface area is 216 Å². The number of aromatic nitrogens is 2. The SMILES string of the molecule is NC(=O)COc1c(Br)cc(C=Nn2c(-c3cc4ccccc4o3)nc3ccccc3c2=O)cc1[N+](=O)[O-]. The highest BCUT2D eigenvalue weighted by atomic mass is 79.9. The number of carbonyl (C=O) groups excluding carboxylic acids is 1. The van der Waals surface area contributed by atoms with Crippen molar-refractivity contribution in [2.24, 2.45) is 10.8 Å². The van der Waals surface area contributed by atoms with E-state index in [0.29, 0.717) is 22.2 Å². The third-order valence-corrected chi connectivity index (χ3v) is 5.91. The van der Waals surface area contributed by atoms with Crippen LogP contribution in [0.3, 0.4) is 0 Å². The van der Waals surface area contributed by atoms with Crippen LogP contribution in [0.5, 0.6) is 5.75 Å². The summed E-state index contributed by atoms with van der Waals surface area (Å²) in [5, 5.41) is 17.1. The number of halogens is 1. The quantitative estimate of drug-likeness (QED) is 0.177. The molecule has 0 aliphatic rings. The molecule has 2 heterocycles. The number of nitro benzene ring substituents is 1. The second-order valence-corrected chi connectivity index (χ2v) is 8.68. The second-order valence-electron chi connectivity index (χ2n) is 7.83. The van der Waals surface area contributed by atoms with Gasteiger partial charge in [0.1, 0.15) is 5.58 Å². The first-order valence-electron chi connectivity index (χ1n) is 10.8. The molecule has 0 radical (unpaired) electrons. The maximum Gasteiger partial charge on any atom is 0.312 e. The number of nitro groups is 1. The van der Waals surface area contributed by atoms with Crippen LogP contribution in [0.4, 0.5) is 5.69 Å². The molecular weight excluding hydrogens is 546 g/mol. The minimum Gasteiger partial charge on any atom is -0.476 e. The minimum atomic E-state index is -0.784. The molecule has 0 aliphatic heterocycles. The van der Waals surface area contributed by atoms with Crippen LogP contribution in [0.1, 0.15) is 5.56 Å². The first-order chi connectivity index (χ1) is 17.8. The smallest absolute Gasteiger partial charge is 0.312 e. The second kappa shape index (κ2) is 9.66. The molecule has 2 aromatic heterocycles. The van der Waals surface area contributed by atoms with Gasteiger partial charge in [-0.2, -0.15) is 9.78 Å². The number of para-hydroxylation sites is 2. The summed E-state index contributed by atoms with van der Waals surface area (Å²) in [7, 11) is 0. The summed E-state index contributed by atoms with van der Waals surface area (Å²) < 4.78 is 12.4. The summed E-state index contributed by atoms with van der Waals surface area (Å²) in [6.45, 7) is -0.536. The average Bonchev–Trinajstić information content (AvgIpc) is 3.31. The number of nitrogens with zero attached hydrogens (tertiary/aromatic N) is 4. The highest BCUT2D eigenvalue weighted by Gasteiger charge is 2.21. The van der Waals surface area contributed by atoms with Gasteiger partial charge in [0.15, 0.2) is 12.4 Å². The van der Waals surface area contributed by atoms with Gasteiger partial charge in [-0.1, -0.05) is 30.3 Å². The maximum absolute atomic E-state index is 13.4. The first kappa shape index (κ1) is 23.9. The van der Waals surface area contributed by atoms with Crippen LogP contribution < -0.4 is 16.0 Å². The highest BCUT2D eigenvalue weighted by molar-refractivity contribution is 9.10. The van der Waals surface area contributed by atoms with Crippen LogP contribution in [0.15, 0.2) is 85.5 Å². The molecule has 184 valence electrons. The van der Waals surface area contributed by atoms with Crippen LogP contribution in [0.2, 0.25) is 0 Å². The van der Waals surface area contributed by atoms with Crippen molar-refractivity contribution in [2.75, 3.05) is 6.61 Å². The number of primary amides is 1. The third kappa shape index (κ3) is 4.69. The maximum atomic E-state index is 13.4. The topological polar surface area (TPSA) is 156 Å². The molecule has 5 aromatic rings. The Balaban J connectivity index is 1.65. The van der Waals surface area contributed by atoms with Crippen LogP contribution in [-0.2, 0) is 4.79 Å². The zero-order chi connectivity index (χ0) is 26.1. The Morgan fingerprint density at radius 3 is 2.70 bits per heavy atom. The molecule has 11 nitrogen and oxygen atoms in total. The van der Waals surface area contributed by atoms with Gasteiger partial charge in [0, 0.05) is 17.0 Å². The van der Waals surface area contributed by atoms with Crippen molar-refractivity contribution in [2.45, 2.75) is 0 Å². The molecule has 0 bridgehead atoms. The molecule has 0 saturated carbocycles. The summed E-state index contributed by atoms with van der Waals surface area (Å²) in [6, 6.07) is 18.6. The molecule has 0 spiro atoms. The van der Waals surface area contributed by atoms with Gasteiger partial charge in [-0.25, -0.2) is 4.98 Å².